The van der Waals surface area contributed by atoms with Crippen LogP contribution in [0.2, 0.25) is 0 Å². The monoisotopic (exact) mass is 719 g/mol. The SMILES string of the molecule is CC1(S(=O)(=O)NC(=O)[C@@]23C[C@H]2/C=C\CCCCC[C@H](NC(=O)O)C(=O)N2C[C@@]4(CCc5c(c(C6CC6)nc6ccccc56)O4)C[C@H]2C(=O)N3)CC1. The van der Waals surface area contributed by atoms with Gasteiger partial charge in [0.05, 0.1) is 22.5 Å². The van der Waals surface area contributed by atoms with Crippen molar-refractivity contribution in [3.8, 4) is 5.75 Å². The Bertz CT molecular complexity index is 1960. The van der Waals surface area contributed by atoms with E-state index in [0.717, 1.165) is 47.8 Å². The van der Waals surface area contributed by atoms with Gasteiger partial charge >= 0.3 is 6.09 Å². The van der Waals surface area contributed by atoms with Crippen LogP contribution in [0.5, 0.6) is 5.75 Å². The summed E-state index contributed by atoms with van der Waals surface area (Å²) in [6.45, 7) is 1.64. The molecule has 51 heavy (non-hydrogen) atoms. The summed E-state index contributed by atoms with van der Waals surface area (Å²) < 4.78 is 34.5. The van der Waals surface area contributed by atoms with Crippen molar-refractivity contribution in [3.05, 3.63) is 47.7 Å². The first-order valence-corrected chi connectivity index (χ1v) is 19.8. The fourth-order valence-electron chi connectivity index (χ4n) is 8.29. The maximum atomic E-state index is 14.5. The van der Waals surface area contributed by atoms with E-state index < -0.39 is 67.7 Å². The first-order valence-electron chi connectivity index (χ1n) is 18.3. The zero-order valence-corrected chi connectivity index (χ0v) is 29.6. The minimum atomic E-state index is -3.98. The van der Waals surface area contributed by atoms with Gasteiger partial charge in [0, 0.05) is 29.2 Å². The van der Waals surface area contributed by atoms with Gasteiger partial charge in [0.15, 0.2) is 0 Å². The zero-order chi connectivity index (χ0) is 35.8. The first kappa shape index (κ1) is 33.9. The molecule has 1 saturated heterocycles. The number of pyridine rings is 1. The molecule has 13 nitrogen and oxygen atoms in total. The lowest BCUT2D eigenvalue weighted by molar-refractivity contribution is -0.141. The lowest BCUT2D eigenvalue weighted by Crippen LogP contribution is -2.58. The van der Waals surface area contributed by atoms with Crippen LogP contribution in [-0.4, -0.2) is 81.7 Å². The second-order valence-corrected chi connectivity index (χ2v) is 18.0. The lowest BCUT2D eigenvalue weighted by Gasteiger charge is -2.37. The summed E-state index contributed by atoms with van der Waals surface area (Å²) in [5.74, 6) is -1.35. The maximum Gasteiger partial charge on any atom is 0.405 e. The van der Waals surface area contributed by atoms with Crippen molar-refractivity contribution < 1.29 is 37.4 Å². The predicted octanol–water partition coefficient (Wildman–Crippen LogP) is 3.81. The van der Waals surface area contributed by atoms with E-state index in [-0.39, 0.29) is 31.7 Å². The minimum absolute atomic E-state index is 0.0490. The molecule has 1 spiro atoms. The number of fused-ring (bicyclic) bond motifs is 5. The third-order valence-electron chi connectivity index (χ3n) is 12.0. The van der Waals surface area contributed by atoms with E-state index in [1.807, 2.05) is 36.4 Å². The number of benzene rings is 1. The first-order chi connectivity index (χ1) is 24.3. The van der Waals surface area contributed by atoms with Crippen LogP contribution in [-0.2, 0) is 30.8 Å². The average molecular weight is 720 g/mol. The number of ether oxygens (including phenoxy) is 1. The molecule has 0 unspecified atom stereocenters. The van der Waals surface area contributed by atoms with Crippen LogP contribution in [0.25, 0.3) is 10.9 Å². The molecule has 1 aromatic carbocycles. The van der Waals surface area contributed by atoms with Gasteiger partial charge in [0.1, 0.15) is 29.0 Å². The number of carbonyl (C=O) groups is 4. The van der Waals surface area contributed by atoms with Gasteiger partial charge in [-0.15, -0.1) is 0 Å². The number of allylic oxidation sites excluding steroid dienone is 1. The highest BCUT2D eigenvalue weighted by atomic mass is 32.2. The number of hydrogen-bond acceptors (Lipinski definition) is 8. The normalized spacial score (nSPS) is 32.3. The average Bonchev–Trinajstić information content (AvgIpc) is 4.02. The van der Waals surface area contributed by atoms with Crippen molar-refractivity contribution >= 4 is 44.7 Å². The second-order valence-electron chi connectivity index (χ2n) is 15.8. The molecule has 272 valence electrons. The maximum absolute atomic E-state index is 14.5. The summed E-state index contributed by atoms with van der Waals surface area (Å²) in [5, 5.41) is 16.0. The summed E-state index contributed by atoms with van der Waals surface area (Å²) in [5.41, 5.74) is 0.398. The number of carbonyl (C=O) groups excluding carboxylic acids is 3. The van der Waals surface area contributed by atoms with Gasteiger partial charge < -0.3 is 25.4 Å². The van der Waals surface area contributed by atoms with Crippen LogP contribution in [0.3, 0.4) is 0 Å². The van der Waals surface area contributed by atoms with Crippen LogP contribution in [0.4, 0.5) is 4.79 Å². The van der Waals surface area contributed by atoms with Gasteiger partial charge in [-0.2, -0.15) is 0 Å². The predicted molar refractivity (Wildman–Crippen MR) is 186 cm³/mol. The minimum Gasteiger partial charge on any atom is -0.483 e. The van der Waals surface area contributed by atoms with Gasteiger partial charge in [-0.25, -0.2) is 18.2 Å². The molecule has 14 heteroatoms. The number of hydrogen-bond donors (Lipinski definition) is 4. The van der Waals surface area contributed by atoms with E-state index >= 15 is 0 Å². The van der Waals surface area contributed by atoms with E-state index in [1.165, 1.54) is 4.90 Å². The number of aromatic nitrogens is 1. The molecular formula is C37H45N5O8S. The van der Waals surface area contributed by atoms with E-state index in [2.05, 4.69) is 15.4 Å². The van der Waals surface area contributed by atoms with Gasteiger partial charge in [0.2, 0.25) is 21.8 Å². The number of sulfonamides is 1. The van der Waals surface area contributed by atoms with Crippen LogP contribution in [0.15, 0.2) is 36.4 Å². The van der Waals surface area contributed by atoms with Gasteiger partial charge in [-0.05, 0) is 77.2 Å². The summed E-state index contributed by atoms with van der Waals surface area (Å²) in [6.07, 6.45) is 9.95. The highest BCUT2D eigenvalue weighted by Gasteiger charge is 2.64. The Hall–Kier alpha value is -4.20. The smallest absolute Gasteiger partial charge is 0.405 e. The van der Waals surface area contributed by atoms with Crippen LogP contribution in [0.1, 0.15) is 101 Å². The second kappa shape index (κ2) is 12.2. The van der Waals surface area contributed by atoms with Crippen molar-refractivity contribution in [2.45, 2.75) is 124 Å². The molecule has 3 aliphatic heterocycles. The van der Waals surface area contributed by atoms with Crippen molar-refractivity contribution in [1.29, 1.82) is 0 Å². The molecule has 2 aromatic rings. The fourth-order valence-corrected chi connectivity index (χ4v) is 9.60. The lowest BCUT2D eigenvalue weighted by atomic mass is 9.86. The Morgan fingerprint density at radius 1 is 1.06 bits per heavy atom. The van der Waals surface area contributed by atoms with Crippen LogP contribution < -0.4 is 20.1 Å². The van der Waals surface area contributed by atoms with E-state index in [1.54, 1.807) is 6.92 Å². The standard InChI is InChI=1S/C37H45N5O8S/c1-35(17-18-35)51(48,49)41-33(45)37-19-23(37)9-5-3-2-4-6-12-27(39-34(46)47)32(44)42-21-36(20-28(42)31(43)40-37)16-15-25-24-10-7-8-11-26(24)38-29(22-13-14-22)30(25)50-36/h5,7-11,22-23,27-28,39H,2-4,6,12-21H2,1H3,(H,40,43)(H,41,45)(H,46,47)/b9-5-/t23-,27+,28+,36-,37-/m1/s1. The third-order valence-corrected chi connectivity index (χ3v) is 14.2. The molecule has 4 fully saturated rings. The van der Waals surface area contributed by atoms with Crippen LogP contribution in [0, 0.1) is 5.92 Å². The number of para-hydroxylation sites is 1. The van der Waals surface area contributed by atoms with Crippen molar-refractivity contribution in [3.63, 3.8) is 0 Å². The number of carboxylic acid groups (broad SMARTS) is 1. The highest BCUT2D eigenvalue weighted by Crippen LogP contribution is 2.52. The fraction of sp³-hybridized carbons (Fsp3) is 0.595. The molecule has 1 aromatic heterocycles. The number of nitrogens with one attached hydrogen (secondary N) is 3. The number of aryl methyl sites for hydroxylation is 1. The molecule has 4 N–H and O–H groups in total. The van der Waals surface area contributed by atoms with Crippen LogP contribution >= 0.6 is 0 Å². The number of rotatable bonds is 5. The van der Waals surface area contributed by atoms with Crippen molar-refractivity contribution in [1.82, 2.24) is 25.2 Å². The highest BCUT2D eigenvalue weighted by molar-refractivity contribution is 7.91. The van der Waals surface area contributed by atoms with Gasteiger partial charge in [-0.3, -0.25) is 19.1 Å². The third kappa shape index (κ3) is 6.12. The van der Waals surface area contributed by atoms with Gasteiger partial charge in [-0.1, -0.05) is 43.2 Å². The summed E-state index contributed by atoms with van der Waals surface area (Å²) >= 11 is 0. The summed E-state index contributed by atoms with van der Waals surface area (Å²) in [4.78, 5) is 61.0. The van der Waals surface area contributed by atoms with Crippen molar-refractivity contribution in [2.24, 2.45) is 5.92 Å². The Kier molecular flexibility index (Phi) is 8.11. The molecule has 6 aliphatic rings. The number of amides is 4. The summed E-state index contributed by atoms with van der Waals surface area (Å²) in [6, 6.07) is 5.80. The largest absolute Gasteiger partial charge is 0.483 e. The van der Waals surface area contributed by atoms with E-state index in [0.29, 0.717) is 44.3 Å². The molecule has 0 bridgehead atoms. The zero-order valence-electron chi connectivity index (χ0n) is 28.8. The number of nitrogens with zero attached hydrogens (tertiary/aromatic N) is 2. The molecule has 8 rings (SSSR count). The molecule has 3 saturated carbocycles. The van der Waals surface area contributed by atoms with Gasteiger partial charge in [0.25, 0.3) is 5.91 Å². The molecule has 0 radical (unpaired) electrons. The Balaban J connectivity index is 1.14. The molecule has 4 heterocycles. The molecule has 3 aliphatic carbocycles. The van der Waals surface area contributed by atoms with Crippen molar-refractivity contribution in [2.75, 3.05) is 6.54 Å². The van der Waals surface area contributed by atoms with E-state index in [4.69, 9.17) is 9.72 Å². The Morgan fingerprint density at radius 3 is 2.59 bits per heavy atom. The Labute approximate surface area is 297 Å². The topological polar surface area (TPSA) is 184 Å². The summed E-state index contributed by atoms with van der Waals surface area (Å²) in [7, 11) is -3.98. The molecule has 5 atom stereocenters. The molecule has 4 amide bonds. The van der Waals surface area contributed by atoms with E-state index in [9.17, 15) is 32.7 Å². The quantitative estimate of drug-likeness (QED) is 0.334. The molecular weight excluding hydrogens is 675 g/mol. The Morgan fingerprint density at radius 2 is 1.84 bits per heavy atom.